The van der Waals surface area contributed by atoms with Crippen molar-refractivity contribution in [2.45, 2.75) is 27.7 Å². The van der Waals surface area contributed by atoms with Gasteiger partial charge in [-0.05, 0) is 179 Å². The van der Waals surface area contributed by atoms with Crippen molar-refractivity contribution in [2.24, 2.45) is 0 Å². The van der Waals surface area contributed by atoms with E-state index in [4.69, 9.17) is 0 Å². The minimum Gasteiger partial charge on any atom is -0.312 e. The molecule has 0 amide bonds. The molecule has 0 atom stereocenters. The Balaban J connectivity index is 0.971. The van der Waals surface area contributed by atoms with Gasteiger partial charge in [0.1, 0.15) is 0 Å². The molecule has 2 nitrogen and oxygen atoms in total. The van der Waals surface area contributed by atoms with Gasteiger partial charge in [0, 0.05) is 34.1 Å². The molecule has 19 rings (SSSR count). The van der Waals surface area contributed by atoms with Crippen LogP contribution in [0, 0.1) is 27.7 Å². The molecule has 0 aromatic heterocycles. The van der Waals surface area contributed by atoms with Gasteiger partial charge in [0.05, 0.1) is 0 Å². The standard InChI is InChI=1S/C74H47B3N2/c1-40-27-31-56-54(35-40)68(66-48-19-9-5-15-44(48)45-16-6-10-20-49(45)66)52-23-13-25-64-70(52)75(56)60-39-61-74-72-73(60)78(64)62-33-29-42(3)37-58(62)77(72)59-38-43(4)30-34-63(59)79(74)65-26-14-24-53-69(55-36-41(2)28-32-57(55)76(61)71(53)65)67-50-21-11-7-17-46(50)47-18-8-12-22-51(47)67/h5-39H,1-4H3. The van der Waals surface area contributed by atoms with Gasteiger partial charge in [0.2, 0.25) is 13.4 Å². The fraction of sp³-hybridized carbons (Fsp3) is 0.0541. The number of fused-ring (bicyclic) bond motifs is 20. The summed E-state index contributed by atoms with van der Waals surface area (Å²) >= 11 is 0. The number of nitrogens with zero attached hydrogens (tertiary/aromatic N) is 2. The van der Waals surface area contributed by atoms with E-state index in [1.54, 1.807) is 0 Å². The summed E-state index contributed by atoms with van der Waals surface area (Å²) in [4.78, 5) is 5.45. The lowest BCUT2D eigenvalue weighted by molar-refractivity contribution is 1.25. The number of rotatable bonds is 0. The predicted molar refractivity (Wildman–Crippen MR) is 335 cm³/mol. The summed E-state index contributed by atoms with van der Waals surface area (Å²) in [5.74, 6) is 0. The molecule has 0 bridgehead atoms. The smallest absolute Gasteiger partial charge is 0.252 e. The largest absolute Gasteiger partial charge is 0.312 e. The van der Waals surface area contributed by atoms with E-state index in [-0.39, 0.29) is 20.1 Å². The van der Waals surface area contributed by atoms with Crippen LogP contribution in [0.1, 0.15) is 66.8 Å². The molecule has 6 aliphatic heterocycles. The van der Waals surface area contributed by atoms with Gasteiger partial charge in [-0.1, -0.05) is 221 Å². The third-order valence-corrected chi connectivity index (χ3v) is 19.4. The number of hydrogen-bond donors (Lipinski definition) is 0. The fourth-order valence-electron chi connectivity index (χ4n) is 16.6. The maximum Gasteiger partial charge on any atom is 0.252 e. The average Bonchev–Trinajstić information content (AvgIpc) is 3.25. The van der Waals surface area contributed by atoms with Gasteiger partial charge < -0.3 is 9.80 Å². The lowest BCUT2D eigenvalue weighted by Gasteiger charge is -2.52. The molecule has 0 saturated carbocycles. The monoisotopic (exact) mass is 996 g/mol. The van der Waals surface area contributed by atoms with Gasteiger partial charge in [-0.15, -0.1) is 0 Å². The predicted octanol–water partition coefficient (Wildman–Crippen LogP) is 11.3. The van der Waals surface area contributed by atoms with E-state index in [0.717, 1.165) is 0 Å². The minimum atomic E-state index is -0.0206. The summed E-state index contributed by atoms with van der Waals surface area (Å²) in [5, 5.41) is 0. The van der Waals surface area contributed by atoms with Crippen molar-refractivity contribution in [2.75, 3.05) is 9.80 Å². The zero-order chi connectivity index (χ0) is 51.8. The van der Waals surface area contributed by atoms with Crippen molar-refractivity contribution in [3.63, 3.8) is 0 Å². The molecule has 0 unspecified atom stereocenters. The Morgan fingerprint density at radius 1 is 0.228 bits per heavy atom. The van der Waals surface area contributed by atoms with Crippen molar-refractivity contribution in [1.29, 1.82) is 0 Å². The van der Waals surface area contributed by atoms with Crippen LogP contribution in [0.25, 0.3) is 44.5 Å². The molecular formula is C74H47B3N2. The highest BCUT2D eigenvalue weighted by atomic mass is 15.2. The van der Waals surface area contributed by atoms with Gasteiger partial charge in [-0.3, -0.25) is 0 Å². The highest BCUT2D eigenvalue weighted by molar-refractivity contribution is 7.07. The molecule has 79 heavy (non-hydrogen) atoms. The molecule has 0 spiro atoms. The topological polar surface area (TPSA) is 6.48 Å². The van der Waals surface area contributed by atoms with Crippen molar-refractivity contribution in [3.05, 3.63) is 279 Å². The van der Waals surface area contributed by atoms with Gasteiger partial charge in [-0.25, -0.2) is 0 Å². The van der Waals surface area contributed by atoms with Gasteiger partial charge in [0.15, 0.2) is 0 Å². The highest BCUT2D eigenvalue weighted by Gasteiger charge is 2.55. The maximum absolute atomic E-state index is 2.74. The van der Waals surface area contributed by atoms with E-state index in [1.165, 1.54) is 195 Å². The first-order chi connectivity index (χ1) is 38.9. The second-order valence-corrected chi connectivity index (χ2v) is 23.6. The van der Waals surface area contributed by atoms with Crippen LogP contribution in [-0.2, 0) is 0 Å². The first-order valence-electron chi connectivity index (χ1n) is 28.3. The summed E-state index contributed by atoms with van der Waals surface area (Å²) in [5.41, 5.74) is 46.7. The fourth-order valence-corrected chi connectivity index (χ4v) is 16.6. The van der Waals surface area contributed by atoms with E-state index >= 15 is 0 Å². The molecule has 0 saturated heterocycles. The van der Waals surface area contributed by atoms with E-state index in [1.807, 2.05) is 0 Å². The molecule has 2 aliphatic carbocycles. The van der Waals surface area contributed by atoms with Crippen LogP contribution >= 0.6 is 0 Å². The Hall–Kier alpha value is -9.31. The molecule has 5 heteroatoms. The third-order valence-electron chi connectivity index (χ3n) is 19.4. The summed E-state index contributed by atoms with van der Waals surface area (Å²) in [7, 11) is 0. The lowest BCUT2D eigenvalue weighted by atomic mass is 9.24. The van der Waals surface area contributed by atoms with Crippen LogP contribution in [0.15, 0.2) is 212 Å². The average molecular weight is 997 g/mol. The summed E-state index contributed by atoms with van der Waals surface area (Å²) in [6.45, 7) is 9.10. The van der Waals surface area contributed by atoms with Crippen molar-refractivity contribution < 1.29 is 0 Å². The molecule has 362 valence electrons. The van der Waals surface area contributed by atoms with Crippen LogP contribution in [-0.4, -0.2) is 20.1 Å². The van der Waals surface area contributed by atoms with Crippen LogP contribution in [0.4, 0.5) is 34.1 Å². The minimum absolute atomic E-state index is 0.0194. The molecule has 11 aromatic rings. The number of benzene rings is 11. The normalized spacial score (nSPS) is 14.9. The van der Waals surface area contributed by atoms with Crippen molar-refractivity contribution in [1.82, 2.24) is 0 Å². The van der Waals surface area contributed by atoms with Gasteiger partial charge >= 0.3 is 0 Å². The highest BCUT2D eigenvalue weighted by Crippen LogP contribution is 2.54. The molecule has 8 aliphatic rings. The van der Waals surface area contributed by atoms with Crippen molar-refractivity contribution >= 4 is 126 Å². The summed E-state index contributed by atoms with van der Waals surface area (Å²) in [6.07, 6.45) is 0. The Kier molecular flexibility index (Phi) is 8.03. The van der Waals surface area contributed by atoms with Crippen molar-refractivity contribution in [3.8, 4) is 22.3 Å². The van der Waals surface area contributed by atoms with Crippen LogP contribution < -0.4 is 59.0 Å². The molecule has 6 heterocycles. The van der Waals surface area contributed by atoms with E-state index < -0.39 is 0 Å². The Bertz CT molecular complexity index is 4430. The van der Waals surface area contributed by atoms with Gasteiger partial charge in [-0.2, -0.15) is 0 Å². The Morgan fingerprint density at radius 3 is 0.962 bits per heavy atom. The molecular weight excluding hydrogens is 949 g/mol. The zero-order valence-corrected chi connectivity index (χ0v) is 44.3. The van der Waals surface area contributed by atoms with E-state index in [2.05, 4.69) is 250 Å². The van der Waals surface area contributed by atoms with Crippen LogP contribution in [0.2, 0.25) is 0 Å². The summed E-state index contributed by atoms with van der Waals surface area (Å²) in [6, 6.07) is 83.1. The molecule has 0 fully saturated rings. The van der Waals surface area contributed by atoms with E-state index in [9.17, 15) is 0 Å². The number of hydrogen-bond acceptors (Lipinski definition) is 2. The van der Waals surface area contributed by atoms with Gasteiger partial charge in [0.25, 0.3) is 6.71 Å². The number of anilines is 6. The van der Waals surface area contributed by atoms with E-state index in [0.29, 0.717) is 0 Å². The zero-order valence-electron chi connectivity index (χ0n) is 44.3. The first-order valence-corrected chi connectivity index (χ1v) is 28.3. The summed E-state index contributed by atoms with van der Waals surface area (Å²) < 4.78 is 0. The lowest BCUT2D eigenvalue weighted by Crippen LogP contribution is -2.72. The second kappa shape index (κ2) is 14.8. The molecule has 0 radical (unpaired) electrons. The Labute approximate surface area is 461 Å². The third kappa shape index (κ3) is 5.19. The van der Waals surface area contributed by atoms with Crippen LogP contribution in [0.3, 0.4) is 0 Å². The number of aryl methyl sites for hydroxylation is 4. The van der Waals surface area contributed by atoms with Crippen LogP contribution in [0.5, 0.6) is 0 Å². The second-order valence-electron chi connectivity index (χ2n) is 23.6. The quantitative estimate of drug-likeness (QED) is 0.140. The maximum atomic E-state index is 2.74. The first kappa shape index (κ1) is 42.8. The SMILES string of the molecule is Cc1ccc2c(c1)B1c3cc(C)ccc3N3c4cccc5c4B(c4ccc(C)cc4C5=C4c5ccccc5-c5ccccc54)c4cc5c(c1c43)N2c1cccc2c1B5c1ccc(C)cc1C2=C1c2ccccc2-c2ccccc21. The molecule has 0 N–H and O–H groups in total. The Morgan fingerprint density at radius 2 is 0.557 bits per heavy atom. The molecule has 11 aromatic carbocycles.